The molecule has 1 saturated carbocycles. The summed E-state index contributed by atoms with van der Waals surface area (Å²) in [5.41, 5.74) is 4.72. The van der Waals surface area contributed by atoms with E-state index in [0.717, 1.165) is 48.4 Å². The van der Waals surface area contributed by atoms with E-state index in [0.29, 0.717) is 25.1 Å². The maximum atomic E-state index is 13.1. The molecule has 3 heterocycles. The number of benzene rings is 1. The molecule has 1 aromatic heterocycles. The van der Waals surface area contributed by atoms with Crippen molar-refractivity contribution in [3.05, 3.63) is 59.1 Å². The van der Waals surface area contributed by atoms with Gasteiger partial charge in [-0.25, -0.2) is 4.68 Å². The molecule has 2 aliphatic heterocycles. The number of carbonyl (C=O) groups is 2. The third-order valence-electron chi connectivity index (χ3n) is 7.52. The number of amides is 2. The molecule has 7 heteroatoms. The van der Waals surface area contributed by atoms with Crippen molar-refractivity contribution in [3.8, 4) is 0 Å². The third kappa shape index (κ3) is 3.63. The average molecular weight is 434 g/mol. The number of hydrogen-bond acceptors (Lipinski definition) is 4. The fourth-order valence-electron chi connectivity index (χ4n) is 5.68. The molecule has 3 unspecified atom stereocenters. The zero-order chi connectivity index (χ0) is 22.5. The van der Waals surface area contributed by atoms with E-state index in [1.54, 1.807) is 0 Å². The number of aromatic nitrogens is 3. The maximum absolute atomic E-state index is 13.1. The lowest BCUT2D eigenvalue weighted by Gasteiger charge is -2.32. The fraction of sp³-hybridized carbons (Fsp3) is 0.520. The largest absolute Gasteiger partial charge is 0.328 e. The van der Waals surface area contributed by atoms with Gasteiger partial charge in [-0.2, -0.15) is 0 Å². The van der Waals surface area contributed by atoms with Gasteiger partial charge in [-0.05, 0) is 68.6 Å². The summed E-state index contributed by atoms with van der Waals surface area (Å²) in [7, 11) is 0. The van der Waals surface area contributed by atoms with Crippen LogP contribution in [0.5, 0.6) is 0 Å². The van der Waals surface area contributed by atoms with Gasteiger partial charge in [0.25, 0.3) is 5.91 Å². The normalized spacial score (nSPS) is 27.7. The Balaban J connectivity index is 1.29. The summed E-state index contributed by atoms with van der Waals surface area (Å²) in [6, 6.07) is 5.83. The van der Waals surface area contributed by atoms with Crippen molar-refractivity contribution in [1.29, 1.82) is 0 Å². The van der Waals surface area contributed by atoms with Crippen molar-refractivity contribution in [2.75, 3.05) is 0 Å². The number of nitrogens with zero attached hydrogens (tertiary/aromatic N) is 4. The molecule has 1 saturated heterocycles. The van der Waals surface area contributed by atoms with Crippen LogP contribution in [-0.4, -0.2) is 37.7 Å². The minimum Gasteiger partial charge on any atom is -0.328 e. The van der Waals surface area contributed by atoms with Crippen LogP contribution in [0.4, 0.5) is 0 Å². The molecule has 3 atom stereocenters. The highest BCUT2D eigenvalue weighted by molar-refractivity contribution is 5.99. The van der Waals surface area contributed by atoms with Crippen LogP contribution in [0.1, 0.15) is 73.1 Å². The van der Waals surface area contributed by atoms with E-state index < -0.39 is 0 Å². The quantitative estimate of drug-likeness (QED) is 0.784. The fourth-order valence-corrected chi connectivity index (χ4v) is 5.68. The molecular formula is C25H31N5O2. The summed E-state index contributed by atoms with van der Waals surface area (Å²) in [5.74, 6) is 0.733. The van der Waals surface area contributed by atoms with Crippen LogP contribution in [0.25, 0.3) is 0 Å². The van der Waals surface area contributed by atoms with Gasteiger partial charge in [0.2, 0.25) is 5.91 Å². The monoisotopic (exact) mass is 433 g/mol. The molecule has 1 N–H and O–H groups in total. The number of rotatable bonds is 5. The average Bonchev–Trinajstić information content (AvgIpc) is 3.46. The maximum Gasteiger partial charge on any atom is 0.255 e. The van der Waals surface area contributed by atoms with Gasteiger partial charge in [0.05, 0.1) is 17.3 Å². The minimum atomic E-state index is -0.144. The number of fused-ring (bicyclic) bond motifs is 1. The molecule has 0 bridgehead atoms. The number of aryl methyl sites for hydroxylation is 2. The second kappa shape index (κ2) is 7.87. The number of hydrogen-bond donors (Lipinski definition) is 1. The van der Waals surface area contributed by atoms with E-state index >= 15 is 0 Å². The lowest BCUT2D eigenvalue weighted by molar-refractivity contribution is -0.121. The molecule has 2 amide bonds. The Morgan fingerprint density at radius 3 is 2.84 bits per heavy atom. The minimum absolute atomic E-state index is 0.0231. The smallest absolute Gasteiger partial charge is 0.255 e. The molecule has 2 fully saturated rings. The van der Waals surface area contributed by atoms with Gasteiger partial charge < -0.3 is 10.2 Å². The van der Waals surface area contributed by atoms with Crippen molar-refractivity contribution in [3.63, 3.8) is 0 Å². The van der Waals surface area contributed by atoms with E-state index in [1.807, 2.05) is 17.0 Å². The molecule has 0 radical (unpaired) electrons. The van der Waals surface area contributed by atoms with Crippen LogP contribution in [0.3, 0.4) is 0 Å². The van der Waals surface area contributed by atoms with Gasteiger partial charge >= 0.3 is 0 Å². The Kier molecular flexibility index (Phi) is 5.14. The van der Waals surface area contributed by atoms with Gasteiger partial charge in [-0.3, -0.25) is 9.59 Å². The zero-order valence-corrected chi connectivity index (χ0v) is 18.9. The molecule has 0 spiro atoms. The van der Waals surface area contributed by atoms with Gasteiger partial charge in [0.1, 0.15) is 0 Å². The topological polar surface area (TPSA) is 80.1 Å². The highest BCUT2D eigenvalue weighted by atomic mass is 16.2. The van der Waals surface area contributed by atoms with E-state index in [1.165, 1.54) is 12.0 Å². The second-order valence-electron chi connectivity index (χ2n) is 10.0. The zero-order valence-electron chi connectivity index (χ0n) is 18.9. The summed E-state index contributed by atoms with van der Waals surface area (Å²) < 4.78 is 2.06. The highest BCUT2D eigenvalue weighted by Gasteiger charge is 2.38. The Morgan fingerprint density at radius 2 is 2.09 bits per heavy atom. The first-order valence-corrected chi connectivity index (χ1v) is 11.7. The molecule has 32 heavy (non-hydrogen) atoms. The Bertz CT molecular complexity index is 1090. The van der Waals surface area contributed by atoms with Crippen LogP contribution in [0, 0.1) is 5.92 Å². The third-order valence-corrected chi connectivity index (χ3v) is 7.52. The molecule has 2 aromatic rings. The summed E-state index contributed by atoms with van der Waals surface area (Å²) in [6.07, 6.45) is 8.29. The van der Waals surface area contributed by atoms with E-state index in [4.69, 9.17) is 0 Å². The summed E-state index contributed by atoms with van der Waals surface area (Å²) in [4.78, 5) is 26.6. The lowest BCUT2D eigenvalue weighted by atomic mass is 9.98. The highest BCUT2D eigenvalue weighted by Crippen LogP contribution is 2.39. The first-order valence-electron chi connectivity index (χ1n) is 11.7. The molecule has 3 aliphatic rings. The van der Waals surface area contributed by atoms with Crippen LogP contribution in [-0.2, 0) is 29.7 Å². The predicted octanol–water partition coefficient (Wildman–Crippen LogP) is 3.35. The van der Waals surface area contributed by atoms with Crippen LogP contribution in [0.2, 0.25) is 0 Å². The lowest BCUT2D eigenvalue weighted by Crippen LogP contribution is -2.45. The molecule has 1 aromatic carbocycles. The standard InChI is InChI=1S/C25H31N5O2/c1-16-11-12-25(3,13-16)30-14-19(27-28-30)8-7-18-5-4-6-20-21(18)15-29(24(20)32)22-9-10-23(31)26-17(22)2/h4-6,14,16,22H,2,7-13,15H2,1,3H3,(H,26,31). The first-order chi connectivity index (χ1) is 15.3. The molecule has 168 valence electrons. The molecular weight excluding hydrogens is 402 g/mol. The summed E-state index contributed by atoms with van der Waals surface area (Å²) in [5, 5.41) is 11.7. The number of nitrogens with one attached hydrogen (secondary N) is 1. The van der Waals surface area contributed by atoms with E-state index in [9.17, 15) is 9.59 Å². The van der Waals surface area contributed by atoms with Crippen molar-refractivity contribution in [1.82, 2.24) is 25.2 Å². The summed E-state index contributed by atoms with van der Waals surface area (Å²) in [6.45, 7) is 9.13. The van der Waals surface area contributed by atoms with Gasteiger partial charge in [-0.15, -0.1) is 5.10 Å². The van der Waals surface area contributed by atoms with Crippen molar-refractivity contribution in [2.24, 2.45) is 5.92 Å². The van der Waals surface area contributed by atoms with E-state index in [-0.39, 0.29) is 23.4 Å². The molecule has 7 nitrogen and oxygen atoms in total. The SMILES string of the molecule is C=C1NC(=O)CCC1N1Cc2c(CCc3cn(C4(C)CCC(C)C4)nn3)cccc2C1=O. The van der Waals surface area contributed by atoms with E-state index in [2.05, 4.69) is 53.0 Å². The number of carbonyl (C=O) groups excluding carboxylic acids is 2. The molecule has 1 aliphatic carbocycles. The molecule has 5 rings (SSSR count). The van der Waals surface area contributed by atoms with Crippen LogP contribution >= 0.6 is 0 Å². The Hall–Kier alpha value is -2.96. The van der Waals surface area contributed by atoms with Crippen molar-refractivity contribution >= 4 is 11.8 Å². The van der Waals surface area contributed by atoms with Gasteiger partial charge in [0.15, 0.2) is 0 Å². The Morgan fingerprint density at radius 1 is 1.25 bits per heavy atom. The summed E-state index contributed by atoms with van der Waals surface area (Å²) >= 11 is 0. The predicted molar refractivity (Wildman–Crippen MR) is 121 cm³/mol. The second-order valence-corrected chi connectivity index (χ2v) is 10.0. The van der Waals surface area contributed by atoms with Gasteiger partial charge in [0, 0.05) is 30.4 Å². The van der Waals surface area contributed by atoms with Gasteiger partial charge in [-0.1, -0.05) is 30.8 Å². The van der Waals surface area contributed by atoms with Crippen molar-refractivity contribution < 1.29 is 9.59 Å². The van der Waals surface area contributed by atoms with Crippen LogP contribution < -0.4 is 5.32 Å². The Labute approximate surface area is 188 Å². The van der Waals surface area contributed by atoms with Crippen molar-refractivity contribution in [2.45, 2.75) is 76.9 Å². The number of piperidine rings is 1. The first kappa shape index (κ1) is 20.9. The van der Waals surface area contributed by atoms with Crippen LogP contribution in [0.15, 0.2) is 36.7 Å².